The van der Waals surface area contributed by atoms with E-state index >= 15 is 0 Å². The fourth-order valence-electron chi connectivity index (χ4n) is 2.19. The van der Waals surface area contributed by atoms with Crippen molar-refractivity contribution in [2.45, 2.75) is 38.0 Å². The fraction of sp³-hybridized carbons (Fsp3) is 0.909. The van der Waals surface area contributed by atoms with Gasteiger partial charge in [-0.25, -0.2) is 0 Å². The van der Waals surface area contributed by atoms with Gasteiger partial charge in [0.05, 0.1) is 5.60 Å². The zero-order valence-electron chi connectivity index (χ0n) is 10.8. The van der Waals surface area contributed by atoms with Crippen molar-refractivity contribution in [3.8, 4) is 0 Å². The lowest BCUT2D eigenvalue weighted by Gasteiger charge is -2.27. The fourth-order valence-corrected chi connectivity index (χ4v) is 2.19. The quantitative estimate of drug-likeness (QED) is 0.314. The van der Waals surface area contributed by atoms with Gasteiger partial charge in [-0.2, -0.15) is 13.2 Å². The Morgan fingerprint density at radius 2 is 2.05 bits per heavy atom. The van der Waals surface area contributed by atoms with E-state index in [1.54, 1.807) is 11.8 Å². The second kappa shape index (κ2) is 5.96. The minimum Gasteiger partial charge on any atom is -0.409 e. The van der Waals surface area contributed by atoms with Gasteiger partial charge >= 0.3 is 6.18 Å². The van der Waals surface area contributed by atoms with Crippen LogP contribution < -0.4 is 5.73 Å². The van der Waals surface area contributed by atoms with Crippen molar-refractivity contribution in [1.82, 2.24) is 4.90 Å². The normalized spacial score (nSPS) is 29.0. The molecule has 0 aliphatic carbocycles. The minimum atomic E-state index is -4.55. The van der Waals surface area contributed by atoms with Crippen molar-refractivity contribution in [2.75, 3.05) is 19.6 Å². The monoisotopic (exact) mass is 283 g/mol. The van der Waals surface area contributed by atoms with E-state index in [4.69, 9.17) is 10.9 Å². The molecule has 0 aromatic rings. The SMILES string of the molecule is CC1(O)CCCN(CC(C(N)=NO)C(F)(F)F)CC1. The van der Waals surface area contributed by atoms with E-state index in [1.165, 1.54) is 0 Å². The van der Waals surface area contributed by atoms with Gasteiger partial charge in [-0.1, -0.05) is 5.16 Å². The standard InChI is InChI=1S/C11H20F3N3O2/c1-10(18)3-2-5-17(6-4-10)7-8(9(15)16-19)11(12,13)14/h8,18-19H,2-7H2,1H3,(H2,15,16). The maximum Gasteiger partial charge on any atom is 0.400 e. The van der Waals surface area contributed by atoms with Crippen molar-refractivity contribution in [1.29, 1.82) is 0 Å². The molecule has 0 spiro atoms. The second-order valence-electron chi connectivity index (χ2n) is 5.27. The van der Waals surface area contributed by atoms with Crippen LogP contribution in [0.15, 0.2) is 5.16 Å². The third-order valence-electron chi connectivity index (χ3n) is 3.46. The Morgan fingerprint density at radius 3 is 2.58 bits per heavy atom. The molecule has 2 atom stereocenters. The van der Waals surface area contributed by atoms with Gasteiger partial charge in [0, 0.05) is 13.1 Å². The molecule has 1 saturated heterocycles. The summed E-state index contributed by atoms with van der Waals surface area (Å²) in [4.78, 5) is 1.59. The zero-order valence-corrected chi connectivity index (χ0v) is 10.8. The van der Waals surface area contributed by atoms with Crippen LogP contribution in [-0.4, -0.2) is 52.5 Å². The number of rotatable bonds is 3. The summed E-state index contributed by atoms with van der Waals surface area (Å²) in [5.41, 5.74) is 4.28. The number of halogens is 3. The molecule has 19 heavy (non-hydrogen) atoms. The first-order chi connectivity index (χ1) is 8.65. The predicted octanol–water partition coefficient (Wildman–Crippen LogP) is 1.15. The molecule has 1 fully saturated rings. The van der Waals surface area contributed by atoms with E-state index in [0.29, 0.717) is 32.4 Å². The van der Waals surface area contributed by atoms with Crippen LogP contribution in [0.4, 0.5) is 13.2 Å². The molecule has 1 aliphatic rings. The number of oxime groups is 1. The van der Waals surface area contributed by atoms with Gasteiger partial charge in [-0.3, -0.25) is 0 Å². The highest BCUT2D eigenvalue weighted by molar-refractivity contribution is 5.83. The van der Waals surface area contributed by atoms with E-state index in [-0.39, 0.29) is 6.54 Å². The Hall–Kier alpha value is -1.02. The molecule has 4 N–H and O–H groups in total. The predicted molar refractivity (Wildman–Crippen MR) is 63.9 cm³/mol. The summed E-state index contributed by atoms with van der Waals surface area (Å²) in [7, 11) is 0. The number of hydrogen-bond acceptors (Lipinski definition) is 4. The Labute approximate surface area is 109 Å². The summed E-state index contributed by atoms with van der Waals surface area (Å²) < 4.78 is 38.5. The molecule has 0 saturated carbocycles. The maximum atomic E-state index is 12.8. The molecule has 1 heterocycles. The summed E-state index contributed by atoms with van der Waals surface area (Å²) >= 11 is 0. The number of alkyl halides is 3. The van der Waals surface area contributed by atoms with Gasteiger partial charge in [0.1, 0.15) is 5.92 Å². The molecule has 1 aliphatic heterocycles. The van der Waals surface area contributed by atoms with Crippen LogP contribution in [0.2, 0.25) is 0 Å². The third-order valence-corrected chi connectivity index (χ3v) is 3.46. The van der Waals surface area contributed by atoms with Crippen LogP contribution in [-0.2, 0) is 0 Å². The summed E-state index contributed by atoms with van der Waals surface area (Å²) in [6, 6.07) is 0. The molecule has 2 unspecified atom stereocenters. The van der Waals surface area contributed by atoms with Gasteiger partial charge < -0.3 is 20.9 Å². The first kappa shape index (κ1) is 16.0. The average molecular weight is 283 g/mol. The van der Waals surface area contributed by atoms with Crippen molar-refractivity contribution in [3.63, 3.8) is 0 Å². The first-order valence-corrected chi connectivity index (χ1v) is 6.14. The van der Waals surface area contributed by atoms with E-state index < -0.39 is 23.5 Å². The summed E-state index contributed by atoms with van der Waals surface area (Å²) in [6.45, 7) is 2.15. The summed E-state index contributed by atoms with van der Waals surface area (Å²) in [6.07, 6.45) is -2.96. The molecule has 0 aromatic carbocycles. The van der Waals surface area contributed by atoms with Crippen LogP contribution in [0, 0.1) is 5.92 Å². The number of nitrogens with zero attached hydrogens (tertiary/aromatic N) is 2. The van der Waals surface area contributed by atoms with Gasteiger partial charge in [0.2, 0.25) is 0 Å². The topological polar surface area (TPSA) is 82.1 Å². The molecule has 0 bridgehead atoms. The Kier molecular flexibility index (Phi) is 5.03. The Bertz CT molecular complexity index is 332. The number of nitrogens with two attached hydrogens (primary N) is 1. The number of aliphatic hydroxyl groups is 1. The summed E-state index contributed by atoms with van der Waals surface area (Å²) in [5, 5.41) is 20.8. The molecule has 8 heteroatoms. The molecule has 0 aromatic heterocycles. The lowest BCUT2D eigenvalue weighted by Crippen LogP contribution is -2.45. The van der Waals surface area contributed by atoms with Crippen LogP contribution in [0.25, 0.3) is 0 Å². The average Bonchev–Trinajstić information content (AvgIpc) is 2.45. The number of amidine groups is 1. The van der Waals surface area contributed by atoms with Crippen molar-refractivity contribution in [2.24, 2.45) is 16.8 Å². The van der Waals surface area contributed by atoms with Gasteiger partial charge in [-0.15, -0.1) is 0 Å². The minimum absolute atomic E-state index is 0.352. The molecule has 1 rings (SSSR count). The first-order valence-electron chi connectivity index (χ1n) is 6.14. The van der Waals surface area contributed by atoms with E-state index in [2.05, 4.69) is 5.16 Å². The van der Waals surface area contributed by atoms with Crippen molar-refractivity contribution >= 4 is 5.84 Å². The second-order valence-corrected chi connectivity index (χ2v) is 5.27. The molecule has 0 amide bonds. The highest BCUT2D eigenvalue weighted by Gasteiger charge is 2.44. The van der Waals surface area contributed by atoms with Gasteiger partial charge in [-0.05, 0) is 32.7 Å². The van der Waals surface area contributed by atoms with Crippen LogP contribution in [0.5, 0.6) is 0 Å². The Balaban J connectivity index is 2.70. The smallest absolute Gasteiger partial charge is 0.400 e. The van der Waals surface area contributed by atoms with Crippen molar-refractivity contribution < 1.29 is 23.5 Å². The van der Waals surface area contributed by atoms with E-state index in [9.17, 15) is 18.3 Å². The molecule has 0 radical (unpaired) electrons. The van der Waals surface area contributed by atoms with Crippen LogP contribution in [0.3, 0.4) is 0 Å². The summed E-state index contributed by atoms with van der Waals surface area (Å²) in [5.74, 6) is -2.82. The van der Waals surface area contributed by atoms with Gasteiger partial charge in [0.15, 0.2) is 5.84 Å². The highest BCUT2D eigenvalue weighted by Crippen LogP contribution is 2.29. The van der Waals surface area contributed by atoms with E-state index in [0.717, 1.165) is 0 Å². The van der Waals surface area contributed by atoms with Gasteiger partial charge in [0.25, 0.3) is 0 Å². The zero-order chi connectivity index (χ0) is 14.7. The van der Waals surface area contributed by atoms with Crippen molar-refractivity contribution in [3.05, 3.63) is 0 Å². The lowest BCUT2D eigenvalue weighted by molar-refractivity contribution is -0.160. The van der Waals surface area contributed by atoms with E-state index in [1.807, 2.05) is 0 Å². The maximum absolute atomic E-state index is 12.8. The van der Waals surface area contributed by atoms with Crippen LogP contribution in [0.1, 0.15) is 26.2 Å². The third kappa shape index (κ3) is 4.87. The Morgan fingerprint density at radius 1 is 1.42 bits per heavy atom. The number of likely N-dealkylation sites (tertiary alicyclic amines) is 1. The molecular formula is C11H20F3N3O2. The van der Waals surface area contributed by atoms with Crippen LogP contribution >= 0.6 is 0 Å². The number of hydrogen-bond donors (Lipinski definition) is 3. The molecule has 5 nitrogen and oxygen atoms in total. The lowest BCUT2D eigenvalue weighted by atomic mass is 9.98. The highest BCUT2D eigenvalue weighted by atomic mass is 19.4. The molecular weight excluding hydrogens is 263 g/mol. The molecule has 112 valence electrons. The largest absolute Gasteiger partial charge is 0.409 e.